The van der Waals surface area contributed by atoms with Gasteiger partial charge in [-0.3, -0.25) is 9.78 Å². The molecule has 0 amide bonds. The van der Waals surface area contributed by atoms with Crippen LogP contribution in [0.1, 0.15) is 55.7 Å². The minimum absolute atomic E-state index is 0.0432. The predicted molar refractivity (Wildman–Crippen MR) is 121 cm³/mol. The largest absolute Gasteiger partial charge is 0.489 e. The van der Waals surface area contributed by atoms with Crippen LogP contribution in [0.5, 0.6) is 5.75 Å². The van der Waals surface area contributed by atoms with E-state index < -0.39 is 11.9 Å². The molecule has 4 rings (SSSR count). The summed E-state index contributed by atoms with van der Waals surface area (Å²) in [6.45, 7) is 1.63. The highest BCUT2D eigenvalue weighted by atomic mass is 79.9. The fraction of sp³-hybridized carbons (Fsp3) is 0.333. The summed E-state index contributed by atoms with van der Waals surface area (Å²) in [6, 6.07) is 10.1. The lowest BCUT2D eigenvalue weighted by Crippen LogP contribution is -2.24. The minimum atomic E-state index is -0.894. The Hall–Kier alpha value is -2.87. The maximum absolute atomic E-state index is 13.5. The maximum Gasteiger partial charge on any atom is 0.310 e. The van der Waals surface area contributed by atoms with Gasteiger partial charge in [0.2, 0.25) is 0 Å². The number of carbonyl (C=O) groups is 1. The Morgan fingerprint density at radius 2 is 1.91 bits per heavy atom. The van der Waals surface area contributed by atoms with Gasteiger partial charge in [0, 0.05) is 29.9 Å². The van der Waals surface area contributed by atoms with Gasteiger partial charge < -0.3 is 9.84 Å². The molecular formula is C24H23BrFN3O3. The standard InChI is InChI=1S/C24H23BrFN3O3/c1-14(24(30)31)16-10-17(13-27-12-16)22-9-8-21(28-29-22)15-2-5-19(6-3-15)32-23-11-18(26)4-7-20(23)25/h4,7-15,19H,2-3,5-6H2,1H3,(H,30,31). The third-order valence-corrected chi connectivity index (χ3v) is 6.55. The van der Waals surface area contributed by atoms with Crippen LogP contribution in [0.4, 0.5) is 4.39 Å². The lowest BCUT2D eigenvalue weighted by molar-refractivity contribution is -0.138. The van der Waals surface area contributed by atoms with Gasteiger partial charge >= 0.3 is 5.97 Å². The second-order valence-electron chi connectivity index (χ2n) is 8.08. The number of ether oxygens (including phenoxy) is 1. The third-order valence-electron chi connectivity index (χ3n) is 5.89. The number of pyridine rings is 1. The van der Waals surface area contributed by atoms with E-state index in [0.717, 1.165) is 41.4 Å². The molecule has 1 unspecified atom stereocenters. The van der Waals surface area contributed by atoms with Crippen molar-refractivity contribution in [3.63, 3.8) is 0 Å². The van der Waals surface area contributed by atoms with E-state index in [1.165, 1.54) is 12.1 Å². The van der Waals surface area contributed by atoms with E-state index in [1.807, 2.05) is 12.1 Å². The van der Waals surface area contributed by atoms with Crippen LogP contribution < -0.4 is 4.74 Å². The molecular weight excluding hydrogens is 477 g/mol. The van der Waals surface area contributed by atoms with Crippen LogP contribution in [0.15, 0.2) is 53.3 Å². The Balaban J connectivity index is 1.39. The van der Waals surface area contributed by atoms with Crippen molar-refractivity contribution in [2.24, 2.45) is 0 Å². The van der Waals surface area contributed by atoms with Gasteiger partial charge in [-0.05, 0) is 84.4 Å². The Kier molecular flexibility index (Phi) is 6.79. The second kappa shape index (κ2) is 9.73. The molecule has 1 atom stereocenters. The van der Waals surface area contributed by atoms with E-state index in [9.17, 15) is 14.3 Å². The van der Waals surface area contributed by atoms with Gasteiger partial charge in [-0.15, -0.1) is 0 Å². The van der Waals surface area contributed by atoms with E-state index >= 15 is 0 Å². The average Bonchev–Trinajstić information content (AvgIpc) is 2.81. The van der Waals surface area contributed by atoms with Crippen LogP contribution in [-0.2, 0) is 4.79 Å². The quantitative estimate of drug-likeness (QED) is 0.465. The molecule has 1 aromatic carbocycles. The predicted octanol–water partition coefficient (Wildman–Crippen LogP) is 5.73. The number of hydrogen-bond donors (Lipinski definition) is 1. The lowest BCUT2D eigenvalue weighted by Gasteiger charge is -2.28. The molecule has 1 aliphatic carbocycles. The van der Waals surface area contributed by atoms with Crippen molar-refractivity contribution in [3.8, 4) is 17.0 Å². The van der Waals surface area contributed by atoms with Crippen molar-refractivity contribution in [3.05, 3.63) is 70.3 Å². The third kappa shape index (κ3) is 5.12. The van der Waals surface area contributed by atoms with Gasteiger partial charge in [-0.1, -0.05) is 0 Å². The van der Waals surface area contributed by atoms with Gasteiger partial charge in [0.05, 0.1) is 27.9 Å². The first kappa shape index (κ1) is 22.3. The highest BCUT2D eigenvalue weighted by molar-refractivity contribution is 9.10. The molecule has 32 heavy (non-hydrogen) atoms. The van der Waals surface area contributed by atoms with E-state index in [2.05, 4.69) is 31.1 Å². The smallest absolute Gasteiger partial charge is 0.310 e. The van der Waals surface area contributed by atoms with Gasteiger partial charge in [-0.25, -0.2) is 4.39 Å². The summed E-state index contributed by atoms with van der Waals surface area (Å²) in [7, 11) is 0. The molecule has 0 saturated heterocycles. The van der Waals surface area contributed by atoms with Crippen LogP contribution in [0.3, 0.4) is 0 Å². The molecule has 0 spiro atoms. The number of carboxylic acid groups (broad SMARTS) is 1. The van der Waals surface area contributed by atoms with Crippen molar-refractivity contribution < 1.29 is 19.0 Å². The Morgan fingerprint density at radius 3 is 2.59 bits per heavy atom. The zero-order valence-electron chi connectivity index (χ0n) is 17.5. The molecule has 1 N–H and O–H groups in total. The van der Waals surface area contributed by atoms with Crippen LogP contribution in [0, 0.1) is 5.82 Å². The molecule has 6 nitrogen and oxygen atoms in total. The van der Waals surface area contributed by atoms with Gasteiger partial charge in [0.1, 0.15) is 11.6 Å². The molecule has 3 aromatic rings. The zero-order valence-corrected chi connectivity index (χ0v) is 19.1. The fourth-order valence-electron chi connectivity index (χ4n) is 3.91. The average molecular weight is 500 g/mol. The van der Waals surface area contributed by atoms with E-state index in [0.29, 0.717) is 22.9 Å². The highest BCUT2D eigenvalue weighted by Gasteiger charge is 2.25. The first-order valence-electron chi connectivity index (χ1n) is 10.5. The minimum Gasteiger partial charge on any atom is -0.489 e. The number of carboxylic acids is 1. The summed E-state index contributed by atoms with van der Waals surface area (Å²) in [4.78, 5) is 15.4. The molecule has 166 valence electrons. The van der Waals surface area contributed by atoms with Crippen LogP contribution in [0.2, 0.25) is 0 Å². The second-order valence-corrected chi connectivity index (χ2v) is 8.93. The summed E-state index contributed by atoms with van der Waals surface area (Å²) >= 11 is 3.41. The van der Waals surface area contributed by atoms with Gasteiger partial charge in [-0.2, -0.15) is 10.2 Å². The first-order chi connectivity index (χ1) is 15.4. The van der Waals surface area contributed by atoms with Gasteiger partial charge in [0.15, 0.2) is 0 Å². The summed E-state index contributed by atoms with van der Waals surface area (Å²) < 4.78 is 20.2. The van der Waals surface area contributed by atoms with Crippen molar-refractivity contribution in [2.45, 2.75) is 50.5 Å². The van der Waals surface area contributed by atoms with Crippen LogP contribution in [-0.4, -0.2) is 32.4 Å². The summed E-state index contributed by atoms with van der Waals surface area (Å²) in [5.41, 5.74) is 2.97. The van der Waals surface area contributed by atoms with Gasteiger partial charge in [0.25, 0.3) is 0 Å². The molecule has 0 aliphatic heterocycles. The lowest BCUT2D eigenvalue weighted by atomic mass is 9.85. The summed E-state index contributed by atoms with van der Waals surface area (Å²) in [5, 5.41) is 18.0. The highest BCUT2D eigenvalue weighted by Crippen LogP contribution is 2.35. The zero-order chi connectivity index (χ0) is 22.7. The number of benzene rings is 1. The van der Waals surface area contributed by atoms with E-state index in [1.54, 1.807) is 31.5 Å². The first-order valence-corrected chi connectivity index (χ1v) is 11.3. The molecule has 8 heteroatoms. The van der Waals surface area contributed by atoms with Crippen molar-refractivity contribution in [1.29, 1.82) is 0 Å². The Morgan fingerprint density at radius 1 is 1.12 bits per heavy atom. The Labute approximate surface area is 194 Å². The molecule has 2 heterocycles. The molecule has 1 fully saturated rings. The van der Waals surface area contributed by atoms with Crippen molar-refractivity contribution in [1.82, 2.24) is 15.2 Å². The maximum atomic E-state index is 13.5. The molecule has 0 bridgehead atoms. The number of hydrogen-bond acceptors (Lipinski definition) is 5. The fourth-order valence-corrected chi connectivity index (χ4v) is 4.26. The molecule has 1 saturated carbocycles. The van der Waals surface area contributed by atoms with Crippen LogP contribution >= 0.6 is 15.9 Å². The van der Waals surface area contributed by atoms with E-state index in [4.69, 9.17) is 4.74 Å². The molecule has 1 aliphatic rings. The Bertz CT molecular complexity index is 1100. The number of halogens is 2. The molecule has 0 radical (unpaired) electrons. The SMILES string of the molecule is CC(C(=O)O)c1cncc(-c2ccc(C3CCC(Oc4cc(F)ccc4Br)CC3)nn2)c1. The number of aliphatic carboxylic acids is 1. The van der Waals surface area contributed by atoms with Crippen molar-refractivity contribution >= 4 is 21.9 Å². The van der Waals surface area contributed by atoms with Crippen LogP contribution in [0.25, 0.3) is 11.3 Å². The topological polar surface area (TPSA) is 85.2 Å². The number of rotatable bonds is 6. The normalized spacial score (nSPS) is 19.3. The number of aromatic nitrogens is 3. The monoisotopic (exact) mass is 499 g/mol. The van der Waals surface area contributed by atoms with Crippen molar-refractivity contribution in [2.75, 3.05) is 0 Å². The molecule has 2 aromatic heterocycles. The summed E-state index contributed by atoms with van der Waals surface area (Å²) in [6.07, 6.45) is 6.81. The number of nitrogens with zero attached hydrogens (tertiary/aromatic N) is 3. The van der Waals surface area contributed by atoms with E-state index in [-0.39, 0.29) is 11.9 Å². The summed E-state index contributed by atoms with van der Waals surface area (Å²) in [5.74, 6) is -1.02.